The van der Waals surface area contributed by atoms with E-state index >= 15 is 0 Å². The Morgan fingerprint density at radius 3 is 2.45 bits per heavy atom. The van der Waals surface area contributed by atoms with Gasteiger partial charge in [-0.1, -0.05) is 54.6 Å². The molecular formula is C28H22N2O3. The quantitative estimate of drug-likeness (QED) is 0.263. The smallest absolute Gasteiger partial charge is 0.300 e. The summed E-state index contributed by atoms with van der Waals surface area (Å²) in [6, 6.07) is 21.6. The molecule has 0 spiro atoms. The van der Waals surface area contributed by atoms with Gasteiger partial charge in [0.1, 0.15) is 5.76 Å². The average molecular weight is 434 g/mol. The molecule has 1 amide bonds. The summed E-state index contributed by atoms with van der Waals surface area (Å²) in [7, 11) is 0. The molecule has 33 heavy (non-hydrogen) atoms. The van der Waals surface area contributed by atoms with Crippen molar-refractivity contribution in [3.8, 4) is 0 Å². The fourth-order valence-electron chi connectivity index (χ4n) is 4.40. The summed E-state index contributed by atoms with van der Waals surface area (Å²) in [6.45, 7) is 3.92. The van der Waals surface area contributed by atoms with Crippen LogP contribution < -0.4 is 4.90 Å². The van der Waals surface area contributed by atoms with Crippen molar-refractivity contribution < 1.29 is 14.7 Å². The Bertz CT molecular complexity index is 1440. The Balaban J connectivity index is 1.78. The molecule has 0 aliphatic carbocycles. The molecule has 1 N–H and O–H groups in total. The van der Waals surface area contributed by atoms with Crippen LogP contribution in [0.25, 0.3) is 16.5 Å². The van der Waals surface area contributed by atoms with Gasteiger partial charge >= 0.3 is 0 Å². The third kappa shape index (κ3) is 3.38. The van der Waals surface area contributed by atoms with E-state index in [0.717, 1.165) is 21.9 Å². The van der Waals surface area contributed by atoms with Gasteiger partial charge in [0.2, 0.25) is 0 Å². The summed E-state index contributed by atoms with van der Waals surface area (Å²) < 4.78 is 0. The van der Waals surface area contributed by atoms with E-state index in [1.165, 1.54) is 4.90 Å². The third-order valence-corrected chi connectivity index (χ3v) is 6.25. The number of aliphatic hydroxyl groups is 1. The van der Waals surface area contributed by atoms with Gasteiger partial charge in [0.15, 0.2) is 0 Å². The SMILES string of the molecule is Cc1ccc(/C(O)=C2\C(=O)C(=O)N(c3cccc4ccccc34)C2c2cccnc2)cc1C. The zero-order valence-corrected chi connectivity index (χ0v) is 18.3. The lowest BCUT2D eigenvalue weighted by Crippen LogP contribution is -2.29. The fourth-order valence-corrected chi connectivity index (χ4v) is 4.40. The van der Waals surface area contributed by atoms with Crippen LogP contribution in [-0.2, 0) is 9.59 Å². The van der Waals surface area contributed by atoms with Crippen LogP contribution in [0.5, 0.6) is 0 Å². The standard InChI is InChI=1S/C28H22N2O3/c1-17-12-13-20(15-18(17)2)26(31)24-25(21-9-6-14-29-16-21)30(28(33)27(24)32)23-11-5-8-19-7-3-4-10-22(19)23/h3-16,25,31H,1-2H3/b26-24+. The van der Waals surface area contributed by atoms with Crippen molar-refractivity contribution in [2.24, 2.45) is 0 Å². The van der Waals surface area contributed by atoms with Crippen LogP contribution in [0.1, 0.15) is 28.3 Å². The van der Waals surface area contributed by atoms with Crippen LogP contribution >= 0.6 is 0 Å². The first-order valence-corrected chi connectivity index (χ1v) is 10.7. The first kappa shape index (κ1) is 20.6. The minimum Gasteiger partial charge on any atom is -0.507 e. The van der Waals surface area contributed by atoms with Gasteiger partial charge in [-0.25, -0.2) is 0 Å². The molecule has 1 aromatic heterocycles. The minimum absolute atomic E-state index is 0.0594. The molecule has 1 fully saturated rings. The fraction of sp³-hybridized carbons (Fsp3) is 0.107. The number of Topliss-reactive ketones (excluding diaryl/α,β-unsaturated/α-hetero) is 1. The summed E-state index contributed by atoms with van der Waals surface area (Å²) in [6.07, 6.45) is 3.26. The maximum absolute atomic E-state index is 13.4. The highest BCUT2D eigenvalue weighted by atomic mass is 16.3. The lowest BCUT2D eigenvalue weighted by Gasteiger charge is -2.26. The monoisotopic (exact) mass is 434 g/mol. The molecule has 1 atom stereocenters. The Morgan fingerprint density at radius 1 is 0.909 bits per heavy atom. The summed E-state index contributed by atoms with van der Waals surface area (Å²) >= 11 is 0. The second-order valence-electron chi connectivity index (χ2n) is 8.25. The number of pyridine rings is 1. The van der Waals surface area contributed by atoms with Crippen LogP contribution in [0.3, 0.4) is 0 Å². The van der Waals surface area contributed by atoms with Gasteiger partial charge in [-0.05, 0) is 54.1 Å². The normalized spacial score (nSPS) is 17.6. The molecule has 5 heteroatoms. The number of ketones is 1. The number of hydrogen-bond donors (Lipinski definition) is 1. The van der Waals surface area contributed by atoms with Crippen LogP contribution in [0.15, 0.2) is 90.8 Å². The summed E-state index contributed by atoms with van der Waals surface area (Å²) in [4.78, 5) is 32.4. The largest absolute Gasteiger partial charge is 0.507 e. The van der Waals surface area contributed by atoms with Crippen molar-refractivity contribution in [2.75, 3.05) is 4.90 Å². The Kier molecular flexibility index (Phi) is 5.02. The first-order valence-electron chi connectivity index (χ1n) is 10.7. The molecule has 5 nitrogen and oxygen atoms in total. The zero-order chi connectivity index (χ0) is 23.1. The molecule has 0 radical (unpaired) electrons. The first-order chi connectivity index (χ1) is 16.0. The number of amides is 1. The summed E-state index contributed by atoms with van der Waals surface area (Å²) in [5.74, 6) is -1.58. The topological polar surface area (TPSA) is 70.5 Å². The predicted octanol–water partition coefficient (Wildman–Crippen LogP) is 5.48. The second kappa shape index (κ2) is 8.02. The lowest BCUT2D eigenvalue weighted by molar-refractivity contribution is -0.132. The number of anilines is 1. The van der Waals surface area contributed by atoms with Crippen molar-refractivity contribution >= 4 is 33.9 Å². The van der Waals surface area contributed by atoms with E-state index < -0.39 is 17.7 Å². The molecule has 0 bridgehead atoms. The second-order valence-corrected chi connectivity index (χ2v) is 8.25. The lowest BCUT2D eigenvalue weighted by atomic mass is 9.94. The number of hydrogen-bond acceptors (Lipinski definition) is 4. The average Bonchev–Trinajstić information content (AvgIpc) is 3.11. The Morgan fingerprint density at radius 2 is 1.70 bits per heavy atom. The molecule has 3 aromatic carbocycles. The van der Waals surface area contributed by atoms with Crippen LogP contribution in [0.2, 0.25) is 0 Å². The number of carbonyl (C=O) groups is 2. The molecule has 1 unspecified atom stereocenters. The molecular weight excluding hydrogens is 412 g/mol. The molecule has 5 rings (SSSR count). The van der Waals surface area contributed by atoms with Crippen LogP contribution in [0.4, 0.5) is 5.69 Å². The number of aromatic nitrogens is 1. The summed E-state index contributed by atoms with van der Waals surface area (Å²) in [5.41, 5.74) is 3.89. The summed E-state index contributed by atoms with van der Waals surface area (Å²) in [5, 5.41) is 13.1. The third-order valence-electron chi connectivity index (χ3n) is 6.25. The van der Waals surface area contributed by atoms with Crippen LogP contribution in [0, 0.1) is 13.8 Å². The van der Waals surface area contributed by atoms with E-state index in [1.54, 1.807) is 24.5 Å². The highest BCUT2D eigenvalue weighted by Crippen LogP contribution is 2.44. The predicted molar refractivity (Wildman–Crippen MR) is 129 cm³/mol. The van der Waals surface area contributed by atoms with Crippen molar-refractivity contribution in [3.63, 3.8) is 0 Å². The number of carbonyl (C=O) groups excluding carboxylic acids is 2. The van der Waals surface area contributed by atoms with Crippen LogP contribution in [-0.4, -0.2) is 21.8 Å². The highest BCUT2D eigenvalue weighted by Gasteiger charge is 2.47. The van der Waals surface area contributed by atoms with Gasteiger partial charge in [-0.3, -0.25) is 19.5 Å². The number of fused-ring (bicyclic) bond motifs is 1. The Labute approximate surface area is 191 Å². The molecule has 1 saturated heterocycles. The van der Waals surface area contributed by atoms with Crippen molar-refractivity contribution in [1.82, 2.24) is 4.98 Å². The molecule has 1 aliphatic rings. The highest BCUT2D eigenvalue weighted by molar-refractivity contribution is 6.52. The maximum atomic E-state index is 13.4. The van der Waals surface area contributed by atoms with Gasteiger partial charge in [-0.2, -0.15) is 0 Å². The van der Waals surface area contributed by atoms with E-state index in [4.69, 9.17) is 0 Å². The minimum atomic E-state index is -0.800. The van der Waals surface area contributed by atoms with Crippen molar-refractivity contribution in [1.29, 1.82) is 0 Å². The molecule has 2 heterocycles. The van der Waals surface area contributed by atoms with E-state index in [2.05, 4.69) is 4.98 Å². The zero-order valence-electron chi connectivity index (χ0n) is 18.3. The number of rotatable bonds is 3. The van der Waals surface area contributed by atoms with Gasteiger partial charge in [-0.15, -0.1) is 0 Å². The van der Waals surface area contributed by atoms with Crippen molar-refractivity contribution in [2.45, 2.75) is 19.9 Å². The molecule has 1 aliphatic heterocycles. The van der Waals surface area contributed by atoms with E-state index in [-0.39, 0.29) is 11.3 Å². The number of benzene rings is 3. The number of aryl methyl sites for hydroxylation is 2. The van der Waals surface area contributed by atoms with E-state index in [0.29, 0.717) is 16.8 Å². The number of aliphatic hydroxyl groups excluding tert-OH is 1. The Hall–Kier alpha value is -4.25. The van der Waals surface area contributed by atoms with Gasteiger partial charge in [0.05, 0.1) is 17.3 Å². The van der Waals surface area contributed by atoms with Gasteiger partial charge < -0.3 is 5.11 Å². The van der Waals surface area contributed by atoms with Gasteiger partial charge in [0.25, 0.3) is 11.7 Å². The van der Waals surface area contributed by atoms with Crippen molar-refractivity contribution in [3.05, 3.63) is 113 Å². The maximum Gasteiger partial charge on any atom is 0.300 e. The van der Waals surface area contributed by atoms with E-state index in [1.807, 2.05) is 74.5 Å². The number of nitrogens with zero attached hydrogens (tertiary/aromatic N) is 2. The van der Waals surface area contributed by atoms with E-state index in [9.17, 15) is 14.7 Å². The molecule has 4 aromatic rings. The van der Waals surface area contributed by atoms with Gasteiger partial charge in [0, 0.05) is 23.3 Å². The molecule has 0 saturated carbocycles. The molecule has 162 valence electrons.